The Kier molecular flexibility index (Phi) is 3.61. The summed E-state index contributed by atoms with van der Waals surface area (Å²) in [6.07, 6.45) is 0.239. The van der Waals surface area contributed by atoms with Gasteiger partial charge in [0.1, 0.15) is 0 Å². The molecule has 1 aliphatic heterocycles. The van der Waals surface area contributed by atoms with Crippen LogP contribution in [0.25, 0.3) is 11.4 Å². The van der Waals surface area contributed by atoms with E-state index in [1.165, 1.54) is 6.07 Å². The Hall–Kier alpha value is -2.35. The van der Waals surface area contributed by atoms with Crippen LogP contribution >= 0.6 is 0 Å². The Bertz CT molecular complexity index is 674. The Morgan fingerprint density at radius 3 is 2.90 bits per heavy atom. The third kappa shape index (κ3) is 2.89. The van der Waals surface area contributed by atoms with Crippen molar-refractivity contribution >= 4 is 5.91 Å². The molecule has 0 bridgehead atoms. The van der Waals surface area contributed by atoms with Crippen LogP contribution in [0.3, 0.4) is 0 Å². The van der Waals surface area contributed by atoms with Crippen LogP contribution in [0.15, 0.2) is 22.7 Å². The molecule has 1 amide bonds. The molecule has 6 nitrogen and oxygen atoms in total. The summed E-state index contributed by atoms with van der Waals surface area (Å²) in [5.74, 6) is -1.64. The second kappa shape index (κ2) is 5.57. The van der Waals surface area contributed by atoms with Gasteiger partial charge in [-0.15, -0.1) is 0 Å². The Morgan fingerprint density at radius 2 is 2.14 bits per heavy atom. The van der Waals surface area contributed by atoms with Crippen molar-refractivity contribution in [2.75, 3.05) is 13.1 Å². The molecule has 21 heavy (non-hydrogen) atoms. The fraction of sp³-hybridized carbons (Fsp3) is 0.308. The number of nitrogens with one attached hydrogen (secondary N) is 2. The summed E-state index contributed by atoms with van der Waals surface area (Å²) < 4.78 is 31.1. The lowest BCUT2D eigenvalue weighted by atomic mass is 10.1. The minimum Gasteiger partial charge on any atom is -0.353 e. The van der Waals surface area contributed by atoms with E-state index >= 15 is 0 Å². The molecule has 1 aliphatic rings. The maximum atomic E-state index is 13.2. The highest BCUT2D eigenvalue weighted by atomic mass is 19.2. The van der Waals surface area contributed by atoms with E-state index in [9.17, 15) is 13.6 Å². The zero-order valence-corrected chi connectivity index (χ0v) is 10.9. The van der Waals surface area contributed by atoms with E-state index in [2.05, 4.69) is 20.8 Å². The highest BCUT2D eigenvalue weighted by Gasteiger charge is 2.24. The first kappa shape index (κ1) is 13.6. The van der Waals surface area contributed by atoms with Crippen LogP contribution in [0.2, 0.25) is 0 Å². The third-order valence-electron chi connectivity index (χ3n) is 3.16. The zero-order chi connectivity index (χ0) is 14.8. The first-order chi connectivity index (χ1) is 10.1. The molecular formula is C13H12F2N4O2. The number of carbonyl (C=O) groups excluding carboxylic acids is 1. The number of halogens is 2. The van der Waals surface area contributed by atoms with Gasteiger partial charge in [-0.3, -0.25) is 4.79 Å². The number of benzene rings is 1. The van der Waals surface area contributed by atoms with E-state index < -0.39 is 17.7 Å². The average molecular weight is 294 g/mol. The molecule has 0 aliphatic carbocycles. The molecule has 3 rings (SSSR count). The molecule has 2 N–H and O–H groups in total. The summed E-state index contributed by atoms with van der Waals surface area (Å²) in [5.41, 5.74) is 0.310. The summed E-state index contributed by atoms with van der Waals surface area (Å²) in [4.78, 5) is 15.7. The summed E-state index contributed by atoms with van der Waals surface area (Å²) in [5, 5.41) is 9.47. The molecule has 1 unspecified atom stereocenters. The molecule has 2 heterocycles. The van der Waals surface area contributed by atoms with Gasteiger partial charge in [0.05, 0.1) is 12.5 Å². The standard InChI is InChI=1S/C13H12F2N4O2/c14-8-2-1-7(5-9(8)15)12-18-11(21-19-12)6-10-13(20)17-4-3-16-10/h1-2,5,10,16H,3-4,6H2,(H,17,20). The van der Waals surface area contributed by atoms with Crippen molar-refractivity contribution in [1.29, 1.82) is 0 Å². The van der Waals surface area contributed by atoms with E-state index in [1.807, 2.05) is 0 Å². The number of amides is 1. The smallest absolute Gasteiger partial charge is 0.237 e. The van der Waals surface area contributed by atoms with Crippen LogP contribution in [0, 0.1) is 11.6 Å². The van der Waals surface area contributed by atoms with Crippen molar-refractivity contribution in [3.05, 3.63) is 35.7 Å². The first-order valence-corrected chi connectivity index (χ1v) is 6.42. The van der Waals surface area contributed by atoms with Gasteiger partial charge < -0.3 is 15.2 Å². The van der Waals surface area contributed by atoms with Gasteiger partial charge in [0.2, 0.25) is 17.6 Å². The van der Waals surface area contributed by atoms with Crippen LogP contribution in [0.5, 0.6) is 0 Å². The van der Waals surface area contributed by atoms with Crippen molar-refractivity contribution < 1.29 is 18.1 Å². The summed E-state index contributed by atoms with van der Waals surface area (Å²) in [6.45, 7) is 1.25. The van der Waals surface area contributed by atoms with Crippen molar-refractivity contribution in [2.24, 2.45) is 0 Å². The van der Waals surface area contributed by atoms with Crippen molar-refractivity contribution in [3.8, 4) is 11.4 Å². The summed E-state index contributed by atoms with van der Waals surface area (Å²) >= 11 is 0. The number of hydrogen-bond acceptors (Lipinski definition) is 5. The van der Waals surface area contributed by atoms with Crippen LogP contribution < -0.4 is 10.6 Å². The molecule has 1 aromatic heterocycles. The topological polar surface area (TPSA) is 80.0 Å². The zero-order valence-electron chi connectivity index (χ0n) is 10.9. The SMILES string of the molecule is O=C1NCCNC1Cc1nc(-c2ccc(F)c(F)c2)no1. The normalized spacial score (nSPS) is 18.6. The van der Waals surface area contributed by atoms with E-state index in [0.29, 0.717) is 18.7 Å². The van der Waals surface area contributed by atoms with Gasteiger partial charge in [0.15, 0.2) is 11.6 Å². The molecular weight excluding hydrogens is 282 g/mol. The largest absolute Gasteiger partial charge is 0.353 e. The van der Waals surface area contributed by atoms with Gasteiger partial charge in [-0.1, -0.05) is 5.16 Å². The van der Waals surface area contributed by atoms with E-state index in [4.69, 9.17) is 4.52 Å². The molecule has 110 valence electrons. The Balaban J connectivity index is 1.76. The highest BCUT2D eigenvalue weighted by molar-refractivity contribution is 5.82. The fourth-order valence-electron chi connectivity index (χ4n) is 2.08. The second-order valence-corrected chi connectivity index (χ2v) is 4.64. The lowest BCUT2D eigenvalue weighted by Gasteiger charge is -2.21. The molecule has 1 fully saturated rings. The van der Waals surface area contributed by atoms with Crippen LogP contribution in [-0.2, 0) is 11.2 Å². The van der Waals surface area contributed by atoms with Crippen LogP contribution in [0.1, 0.15) is 5.89 Å². The quantitative estimate of drug-likeness (QED) is 0.868. The molecule has 0 saturated carbocycles. The number of nitrogens with zero attached hydrogens (tertiary/aromatic N) is 2. The summed E-state index contributed by atoms with van der Waals surface area (Å²) in [6, 6.07) is 2.92. The molecule has 1 atom stereocenters. The lowest BCUT2D eigenvalue weighted by Crippen LogP contribution is -2.53. The highest BCUT2D eigenvalue weighted by Crippen LogP contribution is 2.19. The third-order valence-corrected chi connectivity index (χ3v) is 3.16. The monoisotopic (exact) mass is 294 g/mol. The predicted molar refractivity (Wildman–Crippen MR) is 68.2 cm³/mol. The Morgan fingerprint density at radius 1 is 1.29 bits per heavy atom. The molecule has 1 aromatic carbocycles. The Labute approximate surface area is 118 Å². The number of aromatic nitrogens is 2. The second-order valence-electron chi connectivity index (χ2n) is 4.64. The average Bonchev–Trinajstić information content (AvgIpc) is 2.93. The van der Waals surface area contributed by atoms with Gasteiger partial charge in [-0.05, 0) is 18.2 Å². The first-order valence-electron chi connectivity index (χ1n) is 6.42. The number of rotatable bonds is 3. The predicted octanol–water partition coefficient (Wildman–Crippen LogP) is 0.645. The maximum Gasteiger partial charge on any atom is 0.237 e. The maximum absolute atomic E-state index is 13.2. The van der Waals surface area contributed by atoms with Gasteiger partial charge >= 0.3 is 0 Å². The van der Waals surface area contributed by atoms with Gasteiger partial charge in [-0.25, -0.2) is 8.78 Å². The van der Waals surface area contributed by atoms with Crippen molar-refractivity contribution in [1.82, 2.24) is 20.8 Å². The lowest BCUT2D eigenvalue weighted by molar-refractivity contribution is -0.124. The fourth-order valence-corrected chi connectivity index (χ4v) is 2.08. The van der Waals surface area contributed by atoms with Crippen LogP contribution in [-0.4, -0.2) is 35.2 Å². The number of piperazine rings is 1. The van der Waals surface area contributed by atoms with Crippen molar-refractivity contribution in [2.45, 2.75) is 12.5 Å². The molecule has 1 saturated heterocycles. The van der Waals surface area contributed by atoms with Gasteiger partial charge in [0.25, 0.3) is 0 Å². The number of hydrogen-bond donors (Lipinski definition) is 2. The molecule has 2 aromatic rings. The van der Waals surface area contributed by atoms with E-state index in [-0.39, 0.29) is 24.0 Å². The summed E-state index contributed by atoms with van der Waals surface area (Å²) in [7, 11) is 0. The molecule has 0 spiro atoms. The van der Waals surface area contributed by atoms with Gasteiger partial charge in [0, 0.05) is 18.7 Å². The minimum absolute atomic E-state index is 0.131. The molecule has 8 heteroatoms. The number of carbonyl (C=O) groups is 1. The van der Waals surface area contributed by atoms with Crippen molar-refractivity contribution in [3.63, 3.8) is 0 Å². The van der Waals surface area contributed by atoms with E-state index in [1.54, 1.807) is 0 Å². The molecule has 0 radical (unpaired) electrons. The van der Waals surface area contributed by atoms with E-state index in [0.717, 1.165) is 12.1 Å². The van der Waals surface area contributed by atoms with Gasteiger partial charge in [-0.2, -0.15) is 4.98 Å². The van der Waals surface area contributed by atoms with Crippen LogP contribution in [0.4, 0.5) is 8.78 Å². The minimum atomic E-state index is -0.979.